The monoisotopic (exact) mass is 884 g/mol. The number of para-hydroxylation sites is 4. The van der Waals surface area contributed by atoms with Crippen molar-refractivity contribution >= 4 is 103 Å². The average Bonchev–Trinajstić information content (AvgIpc) is 4.08. The molecule has 0 fully saturated rings. The molecule has 68 heavy (non-hydrogen) atoms. The van der Waals surface area contributed by atoms with Gasteiger partial charge in [0.05, 0.1) is 22.4 Å². The van der Waals surface area contributed by atoms with Crippen molar-refractivity contribution in [2.75, 3.05) is 4.90 Å². The molecule has 11 aromatic carbocycles. The third-order valence-electron chi connectivity index (χ3n) is 13.8. The fourth-order valence-corrected chi connectivity index (χ4v) is 11.7. The number of benzene rings is 11. The highest BCUT2D eigenvalue weighted by Gasteiger charge is 2.26. The number of furan rings is 1. The molecule has 14 aromatic rings. The van der Waals surface area contributed by atoms with Crippen LogP contribution in [0.25, 0.3) is 114 Å². The fraction of sp³-hybridized carbons (Fsp3) is 0. The van der Waals surface area contributed by atoms with Gasteiger partial charge in [0.1, 0.15) is 11.2 Å². The zero-order valence-corrected chi connectivity index (χ0v) is 37.6. The zero-order valence-electron chi connectivity index (χ0n) is 36.8. The molecule has 0 N–H and O–H groups in total. The number of thiophene rings is 1. The van der Waals surface area contributed by atoms with Crippen molar-refractivity contribution in [3.05, 3.63) is 243 Å². The molecule has 318 valence electrons. The maximum absolute atomic E-state index is 7.07. The van der Waals surface area contributed by atoms with Crippen molar-refractivity contribution in [1.82, 2.24) is 4.57 Å². The first-order valence-corrected chi connectivity index (χ1v) is 24.0. The van der Waals surface area contributed by atoms with Gasteiger partial charge in [-0.05, 0) is 118 Å². The molecule has 0 unspecified atom stereocenters. The van der Waals surface area contributed by atoms with E-state index in [4.69, 9.17) is 4.42 Å². The molecule has 14 rings (SSSR count). The number of fused-ring (bicyclic) bond motifs is 10. The van der Waals surface area contributed by atoms with Crippen molar-refractivity contribution in [2.24, 2.45) is 0 Å². The minimum atomic E-state index is 0.849. The second kappa shape index (κ2) is 15.5. The summed E-state index contributed by atoms with van der Waals surface area (Å²) in [6.45, 7) is 0. The Bertz CT molecular complexity index is 4250. The summed E-state index contributed by atoms with van der Waals surface area (Å²) in [6, 6.07) is 88.4. The Morgan fingerprint density at radius 3 is 1.90 bits per heavy atom. The molecular weight excluding hydrogens is 845 g/mol. The summed E-state index contributed by atoms with van der Waals surface area (Å²) in [5, 5.41) is 9.64. The molecule has 0 aliphatic heterocycles. The van der Waals surface area contributed by atoms with Crippen LogP contribution >= 0.6 is 11.3 Å². The molecule has 0 radical (unpaired) electrons. The van der Waals surface area contributed by atoms with Gasteiger partial charge in [-0.3, -0.25) is 0 Å². The zero-order chi connectivity index (χ0) is 44.7. The molecule has 0 spiro atoms. The molecule has 3 heterocycles. The first kappa shape index (κ1) is 38.6. The van der Waals surface area contributed by atoms with Gasteiger partial charge >= 0.3 is 0 Å². The van der Waals surface area contributed by atoms with Crippen LogP contribution in [-0.2, 0) is 0 Å². The topological polar surface area (TPSA) is 21.3 Å². The summed E-state index contributed by atoms with van der Waals surface area (Å²) in [4.78, 5) is 2.46. The summed E-state index contributed by atoms with van der Waals surface area (Å²) in [6.07, 6.45) is 0. The molecule has 0 atom stereocenters. The van der Waals surface area contributed by atoms with Gasteiger partial charge in [0.2, 0.25) is 0 Å². The molecule has 3 nitrogen and oxygen atoms in total. The lowest BCUT2D eigenvalue weighted by Gasteiger charge is -2.30. The van der Waals surface area contributed by atoms with E-state index in [-0.39, 0.29) is 0 Å². The van der Waals surface area contributed by atoms with Gasteiger partial charge < -0.3 is 13.9 Å². The van der Waals surface area contributed by atoms with E-state index < -0.39 is 0 Å². The van der Waals surface area contributed by atoms with E-state index in [1.165, 1.54) is 58.3 Å². The summed E-state index contributed by atoms with van der Waals surface area (Å²) in [5.74, 6) is 0. The van der Waals surface area contributed by atoms with Crippen LogP contribution < -0.4 is 4.90 Å². The van der Waals surface area contributed by atoms with E-state index in [0.29, 0.717) is 0 Å². The minimum Gasteiger partial charge on any atom is -0.455 e. The number of hydrogen-bond acceptors (Lipinski definition) is 3. The minimum absolute atomic E-state index is 0.849. The maximum atomic E-state index is 7.07. The second-order valence-electron chi connectivity index (χ2n) is 17.6. The quantitative estimate of drug-likeness (QED) is 0.159. The van der Waals surface area contributed by atoms with Gasteiger partial charge in [0, 0.05) is 64.2 Å². The van der Waals surface area contributed by atoms with Crippen LogP contribution in [0.15, 0.2) is 247 Å². The number of anilines is 3. The van der Waals surface area contributed by atoms with Gasteiger partial charge in [-0.15, -0.1) is 11.3 Å². The Morgan fingerprint density at radius 1 is 0.368 bits per heavy atom. The number of nitrogens with zero attached hydrogens (tertiary/aromatic N) is 2. The van der Waals surface area contributed by atoms with Crippen molar-refractivity contribution in [1.29, 1.82) is 0 Å². The molecule has 0 amide bonds. The molecule has 0 saturated heterocycles. The summed E-state index contributed by atoms with van der Waals surface area (Å²) in [7, 11) is 0. The lowest BCUT2D eigenvalue weighted by atomic mass is 9.95. The number of rotatable bonds is 7. The van der Waals surface area contributed by atoms with Crippen LogP contribution in [0, 0.1) is 0 Å². The van der Waals surface area contributed by atoms with E-state index in [1.54, 1.807) is 0 Å². The van der Waals surface area contributed by atoms with E-state index in [2.05, 4.69) is 252 Å². The normalized spacial score (nSPS) is 11.8. The maximum Gasteiger partial charge on any atom is 0.145 e. The van der Waals surface area contributed by atoms with Crippen molar-refractivity contribution < 1.29 is 4.42 Å². The van der Waals surface area contributed by atoms with E-state index >= 15 is 0 Å². The van der Waals surface area contributed by atoms with Crippen LogP contribution in [0.2, 0.25) is 0 Å². The second-order valence-corrected chi connectivity index (χ2v) is 18.7. The highest BCUT2D eigenvalue weighted by Crippen LogP contribution is 2.50. The Labute approximate surface area is 396 Å². The first-order chi connectivity index (χ1) is 33.7. The molecule has 0 aliphatic rings. The highest BCUT2D eigenvalue weighted by molar-refractivity contribution is 7.25. The van der Waals surface area contributed by atoms with Crippen molar-refractivity contribution in [3.63, 3.8) is 0 Å². The first-order valence-electron chi connectivity index (χ1n) is 23.2. The lowest BCUT2D eigenvalue weighted by molar-refractivity contribution is 0.670. The Hall–Kier alpha value is -8.70. The summed E-state index contributed by atoms with van der Waals surface area (Å²) in [5.41, 5.74) is 14.9. The van der Waals surface area contributed by atoms with Crippen LogP contribution in [-0.4, -0.2) is 4.57 Å². The third-order valence-corrected chi connectivity index (χ3v) is 14.9. The number of aromatic nitrogens is 1. The van der Waals surface area contributed by atoms with Crippen LogP contribution in [0.3, 0.4) is 0 Å². The molecule has 4 heteroatoms. The standard InChI is InChI=1S/C64H40N2OS/c1-2-16-42-37-44(32-31-41(42)15-1)43-17-13-19-47(38-43)66(56-26-8-3-21-49(56)45-33-36-62-55(40-45)53-25-7-12-30-61(53)68-62)59-35-34-54-52-24-6-11-29-60(52)67-64(54)63(59)46-18-14-20-48(39-46)65-57-27-9-4-22-50(57)51-23-5-10-28-58(51)65/h1-40H. The van der Waals surface area contributed by atoms with Crippen LogP contribution in [0.5, 0.6) is 0 Å². The fourth-order valence-electron chi connectivity index (χ4n) is 10.7. The highest BCUT2D eigenvalue weighted by atomic mass is 32.1. The smallest absolute Gasteiger partial charge is 0.145 e. The summed E-state index contributed by atoms with van der Waals surface area (Å²) >= 11 is 1.85. The lowest BCUT2D eigenvalue weighted by Crippen LogP contribution is -2.13. The van der Waals surface area contributed by atoms with Gasteiger partial charge in [0.25, 0.3) is 0 Å². The average molecular weight is 885 g/mol. The molecule has 0 saturated carbocycles. The van der Waals surface area contributed by atoms with Crippen molar-refractivity contribution in [3.8, 4) is 39.1 Å². The SMILES string of the molecule is c1cc(-c2ccc3ccccc3c2)cc(N(c2ccccc2-c2ccc3sc4ccccc4c3c2)c2ccc3c(oc4ccccc43)c2-c2cccc(-n3c4ccccc4c4ccccc43)c2)c1. The molecule has 0 aliphatic carbocycles. The summed E-state index contributed by atoms with van der Waals surface area (Å²) < 4.78 is 12.1. The van der Waals surface area contributed by atoms with Crippen molar-refractivity contribution in [2.45, 2.75) is 0 Å². The van der Waals surface area contributed by atoms with Gasteiger partial charge in [-0.25, -0.2) is 0 Å². The van der Waals surface area contributed by atoms with Crippen LogP contribution in [0.1, 0.15) is 0 Å². The molecule has 0 bridgehead atoms. The third kappa shape index (κ3) is 6.12. The van der Waals surface area contributed by atoms with Gasteiger partial charge in [-0.1, -0.05) is 158 Å². The predicted octanol–water partition coefficient (Wildman–Crippen LogP) is 18.7. The van der Waals surface area contributed by atoms with E-state index in [0.717, 1.165) is 72.5 Å². The Morgan fingerprint density at radius 2 is 1.03 bits per heavy atom. The predicted molar refractivity (Wildman–Crippen MR) is 289 cm³/mol. The van der Waals surface area contributed by atoms with Crippen LogP contribution in [0.4, 0.5) is 17.1 Å². The van der Waals surface area contributed by atoms with Gasteiger partial charge in [-0.2, -0.15) is 0 Å². The Balaban J connectivity index is 1.05. The van der Waals surface area contributed by atoms with Gasteiger partial charge in [0.15, 0.2) is 0 Å². The van der Waals surface area contributed by atoms with E-state index in [1.807, 2.05) is 11.3 Å². The molecule has 3 aromatic heterocycles. The molecular formula is C64H40N2OS. The van der Waals surface area contributed by atoms with E-state index in [9.17, 15) is 0 Å². The largest absolute Gasteiger partial charge is 0.455 e. The number of hydrogen-bond donors (Lipinski definition) is 0. The Kier molecular flexibility index (Phi) is 8.76.